The van der Waals surface area contributed by atoms with Crippen molar-refractivity contribution in [2.75, 3.05) is 19.6 Å². The van der Waals surface area contributed by atoms with Gasteiger partial charge in [0.25, 0.3) is 17.7 Å². The largest absolute Gasteiger partial charge is 0.503 e. The molecule has 718 valence electrons. The highest BCUT2D eigenvalue weighted by molar-refractivity contribution is 5.98. The Morgan fingerprint density at radius 1 is 0.449 bits per heavy atom. The number of nitrogens with one attached hydrogen (secondary N) is 5. The smallest absolute Gasteiger partial charge is 0.306 e. The Hall–Kier alpha value is -15.8. The molecule has 0 spiro atoms. The quantitative estimate of drug-likeness (QED) is 0.0202. The molecule has 3 atom stereocenters. The zero-order valence-corrected chi connectivity index (χ0v) is 76.6. The van der Waals surface area contributed by atoms with E-state index < -0.39 is 87.0 Å². The Kier molecular flexibility index (Phi) is 30.8. The molecule has 17 rings (SSSR count). The molecular weight excluding hydrogens is 1800 g/mol. The van der Waals surface area contributed by atoms with Gasteiger partial charge in [0.1, 0.15) is 47.7 Å². The maximum absolute atomic E-state index is 14.9. The molecule has 14 heterocycles. The Balaban J connectivity index is 0.000000153. The van der Waals surface area contributed by atoms with Crippen LogP contribution in [0, 0.1) is 52.7 Å². The van der Waals surface area contributed by atoms with Crippen LogP contribution in [0.25, 0.3) is 67.5 Å². The van der Waals surface area contributed by atoms with Crippen molar-refractivity contribution in [1.29, 1.82) is 0 Å². The number of benzene rings is 3. The third kappa shape index (κ3) is 21.8. The van der Waals surface area contributed by atoms with Crippen molar-refractivity contribution < 1.29 is 74.8 Å². The van der Waals surface area contributed by atoms with E-state index in [4.69, 9.17) is 20.3 Å². The van der Waals surface area contributed by atoms with E-state index in [0.29, 0.717) is 103 Å². The molecule has 0 saturated heterocycles. The Morgan fingerprint density at radius 2 is 0.841 bits per heavy atom. The van der Waals surface area contributed by atoms with Crippen LogP contribution >= 0.6 is 0 Å². The highest BCUT2D eigenvalue weighted by Gasteiger charge is 2.37. The molecule has 3 aliphatic rings. The van der Waals surface area contributed by atoms with Gasteiger partial charge >= 0.3 is 5.97 Å². The van der Waals surface area contributed by atoms with Crippen LogP contribution in [0.1, 0.15) is 158 Å². The van der Waals surface area contributed by atoms with Gasteiger partial charge in [-0.05, 0) is 102 Å². The maximum atomic E-state index is 14.9. The monoisotopic (exact) mass is 1900 g/mol. The predicted molar refractivity (Wildman–Crippen MR) is 492 cm³/mol. The lowest BCUT2D eigenvalue weighted by Gasteiger charge is -2.35. The summed E-state index contributed by atoms with van der Waals surface area (Å²) >= 11 is 0. The number of carboxylic acid groups (broad SMARTS) is 1. The number of aliphatic carboxylic acids is 1. The number of halogens is 6. The van der Waals surface area contributed by atoms with Crippen LogP contribution in [0.2, 0.25) is 0 Å². The Morgan fingerprint density at radius 3 is 1.27 bits per heavy atom. The van der Waals surface area contributed by atoms with Gasteiger partial charge in [-0.15, -0.1) is 0 Å². The Labute approximate surface area is 783 Å². The number of fused-ring (bicyclic) bond motifs is 6. The summed E-state index contributed by atoms with van der Waals surface area (Å²) in [5.41, 5.74) is 9.79. The average Bonchev–Trinajstić information content (AvgIpc) is 1.24. The van der Waals surface area contributed by atoms with E-state index in [1.54, 1.807) is 44.6 Å². The van der Waals surface area contributed by atoms with Crippen LogP contribution in [0.3, 0.4) is 0 Å². The lowest BCUT2D eigenvalue weighted by molar-refractivity contribution is -0.141. The number of carboxylic acids is 1. The summed E-state index contributed by atoms with van der Waals surface area (Å²) in [6.45, 7) is 19.9. The first kappa shape index (κ1) is 98.2. The highest BCUT2D eigenvalue weighted by Crippen LogP contribution is 2.33. The molecule has 0 fully saturated rings. The van der Waals surface area contributed by atoms with Crippen molar-refractivity contribution in [1.82, 2.24) is 109 Å². The van der Waals surface area contributed by atoms with Gasteiger partial charge in [0.05, 0.1) is 83.4 Å². The van der Waals surface area contributed by atoms with E-state index in [2.05, 4.69) is 81.1 Å². The van der Waals surface area contributed by atoms with Crippen LogP contribution in [-0.4, -0.2) is 182 Å². The lowest BCUT2D eigenvalue weighted by atomic mass is 9.98. The molecule has 138 heavy (non-hydrogen) atoms. The number of rotatable bonds is 29. The van der Waals surface area contributed by atoms with E-state index in [1.165, 1.54) is 48.5 Å². The number of pyridine rings is 5. The van der Waals surface area contributed by atoms with Gasteiger partial charge in [-0.1, -0.05) is 81.4 Å². The van der Waals surface area contributed by atoms with Crippen molar-refractivity contribution in [3.8, 4) is 51.8 Å². The number of ether oxygens (including phenoxy) is 2. The summed E-state index contributed by atoms with van der Waals surface area (Å²) in [6.07, 6.45) is 5.92. The molecule has 36 nitrogen and oxygen atoms in total. The number of hydrogen-bond donors (Lipinski definition) is 8. The fourth-order valence-electron chi connectivity index (χ4n) is 16.3. The van der Waals surface area contributed by atoms with Crippen LogP contribution in [-0.2, 0) is 86.1 Å². The van der Waals surface area contributed by atoms with E-state index in [0.717, 1.165) is 42.1 Å². The minimum Gasteiger partial charge on any atom is -0.503 e. The fraction of sp³-hybridized carbons (Fsp3) is 0.333. The third-order valence-electron chi connectivity index (χ3n) is 23.9. The summed E-state index contributed by atoms with van der Waals surface area (Å²) in [6, 6.07) is 29.4. The standard InChI is InChI=1S/C34H34F2N8O4.C27H28F2N8O4.C19H23N3O3.C16H14F2N4O2/c1-4-21(12-26-25(36)17-38-32(40-26)28-24-13-22(35)15-37-31(24)42-41-28)33(46)39-16-23-14-27(45)30(48-18-20-8-6-5-7-9-20)29-34(47)43(19(2)3)10-11-44(23)29;1-4-14(7-19-18(29)12-31-25(33-19)21-17-8-15(28)10-30-24(17)35-34-21)26(40)32-11-16-9-20(38)23(39)22-27(41)36(13(2)3)5-6-37(16)22;1-13(2)21-8-9-22-15(11-20)10-16(23)18(17(22)19(21)24)25-12-14-6-4-3-5-7-14;1-2-8(16(23)24)5-13-11(18)7-19-15(20-13)14-10-6-9(17)3-4-12(10)21-22-14/h5-9,13-15,17,19,21H,4,10-12,16,18H2,1-3H3,(H,39,46)(H,37,41,42);8-10,12-14,39H,4-7,11H2,1-3H3,(H,32,40)(H,30,34,35);3-7,10,13H,8-9,11-12,20H2,1-2H3;3-4,6-8H,2,5H2,1H3,(H,21,22)(H,23,24). The number of hydrogen-bond acceptors (Lipinski definition) is 24. The topological polar surface area (TPSA) is 476 Å². The van der Waals surface area contributed by atoms with Crippen molar-refractivity contribution in [3.05, 3.63) is 268 Å². The fourth-order valence-corrected chi connectivity index (χ4v) is 16.3. The first-order valence-corrected chi connectivity index (χ1v) is 44.7. The van der Waals surface area contributed by atoms with E-state index in [9.17, 15) is 74.6 Å². The molecule has 5 amide bonds. The zero-order valence-electron chi connectivity index (χ0n) is 76.6. The number of carbonyl (C=O) groups is 6. The predicted octanol–water partition coefficient (Wildman–Crippen LogP) is 11.2. The van der Waals surface area contributed by atoms with Gasteiger partial charge in [0.2, 0.25) is 28.1 Å². The number of aromatic nitrogens is 17. The molecule has 0 bridgehead atoms. The summed E-state index contributed by atoms with van der Waals surface area (Å²) in [7, 11) is 0. The molecule has 42 heteroatoms. The van der Waals surface area contributed by atoms with Crippen LogP contribution in [0.4, 0.5) is 26.3 Å². The summed E-state index contributed by atoms with van der Waals surface area (Å²) in [5.74, 6) is -8.84. The van der Waals surface area contributed by atoms with Crippen LogP contribution in [0.15, 0.2) is 155 Å². The molecule has 14 aromatic rings. The third-order valence-corrected chi connectivity index (χ3v) is 23.9. The molecule has 0 radical (unpaired) electrons. The van der Waals surface area contributed by atoms with E-state index >= 15 is 0 Å². The van der Waals surface area contributed by atoms with Gasteiger partial charge in [0, 0.05) is 136 Å². The molecule has 3 aliphatic heterocycles. The van der Waals surface area contributed by atoms with E-state index in [1.807, 2.05) is 107 Å². The van der Waals surface area contributed by atoms with Gasteiger partial charge in [0.15, 0.2) is 80.5 Å². The highest BCUT2D eigenvalue weighted by atomic mass is 19.1. The first-order valence-electron chi connectivity index (χ1n) is 44.7. The van der Waals surface area contributed by atoms with Gasteiger partial charge < -0.3 is 64.5 Å². The van der Waals surface area contributed by atoms with Crippen molar-refractivity contribution in [2.24, 2.45) is 23.5 Å². The summed E-state index contributed by atoms with van der Waals surface area (Å²) in [5, 5.41) is 46.5. The summed E-state index contributed by atoms with van der Waals surface area (Å²) < 4.78 is 102. The second-order valence-electron chi connectivity index (χ2n) is 33.7. The molecule has 3 aromatic carbocycles. The number of H-pyrrole nitrogens is 3. The second-order valence-corrected chi connectivity index (χ2v) is 33.7. The van der Waals surface area contributed by atoms with Crippen molar-refractivity contribution in [2.45, 2.75) is 171 Å². The molecule has 3 unspecified atom stereocenters. The average molecular weight is 1900 g/mol. The minimum absolute atomic E-state index is 0.00167. The number of nitrogens with two attached hydrogens (primary N) is 1. The normalized spacial score (nSPS) is 13.6. The number of nitrogens with zero attached hydrogens (tertiary/aromatic N) is 17. The van der Waals surface area contributed by atoms with Crippen LogP contribution < -0.4 is 42.1 Å². The van der Waals surface area contributed by atoms with Gasteiger partial charge in [-0.2, -0.15) is 15.3 Å². The first-order chi connectivity index (χ1) is 66.2. The lowest BCUT2D eigenvalue weighted by Crippen LogP contribution is -2.46. The van der Waals surface area contributed by atoms with Crippen LogP contribution in [0.5, 0.6) is 17.2 Å². The van der Waals surface area contributed by atoms with Crippen molar-refractivity contribution >= 4 is 68.5 Å². The molecule has 0 saturated carbocycles. The second kappa shape index (κ2) is 43.3. The number of carbonyl (C=O) groups excluding carboxylic acids is 5. The molecule has 0 aliphatic carbocycles. The van der Waals surface area contributed by atoms with E-state index in [-0.39, 0.29) is 179 Å². The number of amides is 5. The van der Waals surface area contributed by atoms with Gasteiger partial charge in [-0.3, -0.25) is 58.4 Å². The molecule has 11 aromatic heterocycles. The molecule has 9 N–H and O–H groups in total. The zero-order chi connectivity index (χ0) is 98.6. The van der Waals surface area contributed by atoms with Gasteiger partial charge in [-0.25, -0.2) is 66.2 Å². The maximum Gasteiger partial charge on any atom is 0.306 e. The van der Waals surface area contributed by atoms with Crippen molar-refractivity contribution in [3.63, 3.8) is 0 Å². The summed E-state index contributed by atoms with van der Waals surface area (Å²) in [4.78, 5) is 153. The Bertz CT molecular complexity index is 7110. The molecular formula is C96H99F6N23O13. The number of aromatic amines is 3. The minimum atomic E-state index is -1.01. The number of aromatic hydroxyl groups is 1. The SMILES string of the molecule is CC(C)N1CCn2c(CN)cc(=O)c(OCc3ccccc3)c2C1=O.CCC(Cc1nc(-c2[nH]nc3ncc(F)cc23)ncc1F)C(=O)NCc1cc(=O)c(O)c2n1CCN(C(C)C)C2=O.CCC(Cc1nc(-c2[nH]nc3ncc(F)cc23)ncc1F)C(=O)NCc1cc(=O)c(OCc2ccccc2)c2n1CCN(C(C)C)C2=O.CCC(Cc1nc(-c2n[nH]c3ccc(F)cc23)ncc1F)C(=O)O.